The van der Waals surface area contributed by atoms with Crippen molar-refractivity contribution >= 4 is 34.1 Å². The van der Waals surface area contributed by atoms with E-state index >= 15 is 0 Å². The number of carbonyl (C=O) groups is 1. The number of likely N-dealkylation sites (tertiary alicyclic amines) is 1. The molecule has 0 aliphatic carbocycles. The van der Waals surface area contributed by atoms with Gasteiger partial charge in [0.1, 0.15) is 24.7 Å². The number of pyridine rings is 1. The van der Waals surface area contributed by atoms with Gasteiger partial charge in [-0.2, -0.15) is 13.2 Å². The summed E-state index contributed by atoms with van der Waals surface area (Å²) in [5.41, 5.74) is 0.530. The van der Waals surface area contributed by atoms with Gasteiger partial charge in [0.05, 0.1) is 35.4 Å². The minimum Gasteiger partial charge on any atom is -0.485 e. The van der Waals surface area contributed by atoms with E-state index in [1.54, 1.807) is 12.1 Å². The molecule has 3 aromatic rings. The van der Waals surface area contributed by atoms with Gasteiger partial charge in [-0.05, 0) is 31.9 Å². The quantitative estimate of drug-likeness (QED) is 0.397. The number of halogens is 3. The number of aromatic nitrogens is 2. The van der Waals surface area contributed by atoms with Crippen LogP contribution in [0, 0.1) is 0 Å². The number of carbonyl (C=O) groups excluding carboxylic acids is 1. The highest BCUT2D eigenvalue weighted by Gasteiger charge is 2.35. The first-order valence-corrected chi connectivity index (χ1v) is 14.0. The predicted molar refractivity (Wildman–Crippen MR) is 147 cm³/mol. The van der Waals surface area contributed by atoms with Gasteiger partial charge in [-0.15, -0.1) is 0 Å². The molecule has 3 aliphatic rings. The van der Waals surface area contributed by atoms with Crippen LogP contribution in [0.2, 0.25) is 0 Å². The number of benzene rings is 1. The molecule has 0 spiro atoms. The summed E-state index contributed by atoms with van der Waals surface area (Å²) < 4.78 is 58.1. The maximum Gasteiger partial charge on any atom is 0.418 e. The molecule has 0 bridgehead atoms. The summed E-state index contributed by atoms with van der Waals surface area (Å²) in [7, 11) is 0. The summed E-state index contributed by atoms with van der Waals surface area (Å²) in [6.07, 6.45) is -1.79. The first-order chi connectivity index (χ1) is 19.8. The summed E-state index contributed by atoms with van der Waals surface area (Å²) in [6.45, 7) is 7.50. The lowest BCUT2D eigenvalue weighted by Crippen LogP contribution is -2.50. The van der Waals surface area contributed by atoms with E-state index in [-0.39, 0.29) is 16.9 Å². The monoisotopic (exact) mass is 574 g/mol. The van der Waals surface area contributed by atoms with E-state index in [4.69, 9.17) is 14.2 Å². The number of ether oxygens (including phenoxy) is 3. The van der Waals surface area contributed by atoms with Crippen LogP contribution >= 0.6 is 0 Å². The molecule has 41 heavy (non-hydrogen) atoms. The van der Waals surface area contributed by atoms with E-state index in [1.807, 2.05) is 11.8 Å². The molecule has 10 nitrogen and oxygen atoms in total. The molecule has 0 unspecified atom stereocenters. The Balaban J connectivity index is 1.24. The van der Waals surface area contributed by atoms with Gasteiger partial charge in [-0.3, -0.25) is 9.69 Å². The first-order valence-electron chi connectivity index (χ1n) is 14.0. The van der Waals surface area contributed by atoms with Crippen molar-refractivity contribution in [2.75, 3.05) is 69.8 Å². The van der Waals surface area contributed by atoms with Crippen LogP contribution in [0.15, 0.2) is 24.4 Å². The number of nitrogens with zero attached hydrogens (tertiary/aromatic N) is 3. The number of H-pyrrole nitrogens is 1. The number of anilines is 3. The Morgan fingerprint density at radius 3 is 2.49 bits per heavy atom. The molecule has 2 fully saturated rings. The summed E-state index contributed by atoms with van der Waals surface area (Å²) in [4.78, 5) is 24.9. The lowest BCUT2D eigenvalue weighted by molar-refractivity contribution is -0.136. The Morgan fingerprint density at radius 1 is 1.05 bits per heavy atom. The van der Waals surface area contributed by atoms with Gasteiger partial charge < -0.3 is 34.7 Å². The highest BCUT2D eigenvalue weighted by Crippen LogP contribution is 2.43. The fraction of sp³-hybridized carbons (Fsp3) is 0.500. The van der Waals surface area contributed by atoms with Crippen LogP contribution in [0.25, 0.3) is 11.0 Å². The van der Waals surface area contributed by atoms with Gasteiger partial charge in [0, 0.05) is 56.7 Å². The number of hydrogen-bond acceptors (Lipinski definition) is 8. The molecule has 0 radical (unpaired) electrons. The van der Waals surface area contributed by atoms with Crippen molar-refractivity contribution in [3.8, 4) is 11.5 Å². The van der Waals surface area contributed by atoms with E-state index in [9.17, 15) is 18.0 Å². The highest BCUT2D eigenvalue weighted by atomic mass is 19.4. The molecule has 1 aromatic carbocycles. The number of hydrogen-bond donors (Lipinski definition) is 3. The number of piperidine rings is 1. The van der Waals surface area contributed by atoms with Gasteiger partial charge >= 0.3 is 6.18 Å². The minimum absolute atomic E-state index is 0.0233. The van der Waals surface area contributed by atoms with Crippen molar-refractivity contribution in [1.82, 2.24) is 19.8 Å². The molecule has 6 rings (SSSR count). The largest absolute Gasteiger partial charge is 0.485 e. The molecule has 0 saturated carbocycles. The SMILES string of the molecule is CCNc1cc(Nc2ccc(C(=O)N3CCC(N4CCOCC4)CC3)c3c2OCCO3)nc2[nH]cc(C(F)(F)F)c12. The van der Waals surface area contributed by atoms with Gasteiger partial charge in [-0.1, -0.05) is 0 Å². The number of rotatable bonds is 6. The molecule has 5 heterocycles. The van der Waals surface area contributed by atoms with Crippen LogP contribution in [0.3, 0.4) is 0 Å². The fourth-order valence-electron chi connectivity index (χ4n) is 5.84. The Kier molecular flexibility index (Phi) is 7.56. The molecule has 2 aromatic heterocycles. The van der Waals surface area contributed by atoms with Crippen molar-refractivity contribution in [2.45, 2.75) is 32.0 Å². The van der Waals surface area contributed by atoms with E-state index in [0.29, 0.717) is 73.1 Å². The molecule has 3 aliphatic heterocycles. The van der Waals surface area contributed by atoms with Crippen LogP contribution in [0.4, 0.5) is 30.4 Å². The van der Waals surface area contributed by atoms with Crippen molar-refractivity contribution in [1.29, 1.82) is 0 Å². The topological polar surface area (TPSA) is 104 Å². The Hall–Kier alpha value is -3.71. The number of amides is 1. The van der Waals surface area contributed by atoms with Crippen LogP contribution < -0.4 is 20.1 Å². The third-order valence-corrected chi connectivity index (χ3v) is 7.81. The molecule has 0 atom stereocenters. The zero-order valence-corrected chi connectivity index (χ0v) is 22.8. The summed E-state index contributed by atoms with van der Waals surface area (Å²) in [5.74, 6) is 0.928. The van der Waals surface area contributed by atoms with Crippen LogP contribution in [-0.4, -0.2) is 90.9 Å². The van der Waals surface area contributed by atoms with Crippen LogP contribution in [-0.2, 0) is 10.9 Å². The maximum atomic E-state index is 13.6. The van der Waals surface area contributed by atoms with Crippen molar-refractivity contribution in [3.05, 3.63) is 35.5 Å². The third kappa shape index (κ3) is 5.47. The Morgan fingerprint density at radius 2 is 1.78 bits per heavy atom. The zero-order chi connectivity index (χ0) is 28.6. The van der Waals surface area contributed by atoms with Crippen molar-refractivity contribution in [3.63, 3.8) is 0 Å². The lowest BCUT2D eigenvalue weighted by Gasteiger charge is -2.40. The highest BCUT2D eigenvalue weighted by molar-refractivity contribution is 6.00. The summed E-state index contributed by atoms with van der Waals surface area (Å²) in [6, 6.07) is 5.40. The first kappa shape index (κ1) is 27.5. The number of nitrogens with one attached hydrogen (secondary N) is 3. The maximum absolute atomic E-state index is 13.6. The average molecular weight is 575 g/mol. The van der Waals surface area contributed by atoms with Gasteiger partial charge in [0.15, 0.2) is 11.5 Å². The van der Waals surface area contributed by atoms with Crippen molar-refractivity contribution < 1.29 is 32.2 Å². The molecule has 2 saturated heterocycles. The van der Waals surface area contributed by atoms with Gasteiger partial charge in [0.2, 0.25) is 0 Å². The molecular weight excluding hydrogens is 541 g/mol. The second-order valence-electron chi connectivity index (χ2n) is 10.3. The molecule has 13 heteroatoms. The summed E-state index contributed by atoms with van der Waals surface area (Å²) in [5, 5.41) is 6.14. The number of morpholine rings is 1. The van der Waals surface area contributed by atoms with Crippen molar-refractivity contribution in [2.24, 2.45) is 0 Å². The molecular formula is C28H33F3N6O4. The van der Waals surface area contributed by atoms with E-state index in [1.165, 1.54) is 6.07 Å². The number of aromatic amines is 1. The second kappa shape index (κ2) is 11.3. The predicted octanol–water partition coefficient (Wildman–Crippen LogP) is 4.47. The van der Waals surface area contributed by atoms with E-state index < -0.39 is 11.7 Å². The Labute approximate surface area is 235 Å². The molecule has 3 N–H and O–H groups in total. The smallest absolute Gasteiger partial charge is 0.418 e. The second-order valence-corrected chi connectivity index (χ2v) is 10.3. The third-order valence-electron chi connectivity index (χ3n) is 7.81. The van der Waals surface area contributed by atoms with E-state index in [0.717, 1.165) is 45.3 Å². The molecule has 1 amide bonds. The van der Waals surface area contributed by atoms with Gasteiger partial charge in [-0.25, -0.2) is 4.98 Å². The Bertz CT molecular complexity index is 1410. The van der Waals surface area contributed by atoms with Gasteiger partial charge in [0.25, 0.3) is 5.91 Å². The summed E-state index contributed by atoms with van der Waals surface area (Å²) >= 11 is 0. The zero-order valence-electron chi connectivity index (χ0n) is 22.8. The normalized spacial score (nSPS) is 18.5. The average Bonchev–Trinajstić information content (AvgIpc) is 3.43. The number of alkyl halides is 3. The molecule has 220 valence electrons. The van der Waals surface area contributed by atoms with Crippen LogP contribution in [0.5, 0.6) is 11.5 Å². The van der Waals surface area contributed by atoms with Crippen LogP contribution in [0.1, 0.15) is 35.7 Å². The van der Waals surface area contributed by atoms with E-state index in [2.05, 4.69) is 25.5 Å². The number of fused-ring (bicyclic) bond motifs is 2. The fourth-order valence-corrected chi connectivity index (χ4v) is 5.84. The minimum atomic E-state index is -4.52. The lowest BCUT2D eigenvalue weighted by atomic mass is 10.0. The standard InChI is InChI=1S/C28H33F3N6O4/c1-2-32-21-15-22(35-26-23(21)19(16-33-26)28(29,30)31)34-20-4-3-18(24-25(20)41-14-13-40-24)27(38)37-7-5-17(6-8-37)36-9-11-39-12-10-36/h3-4,15-17H,2,5-14H2,1H3,(H3,32,33,34,35).